The zero-order chi connectivity index (χ0) is 11.6. The first-order valence-corrected chi connectivity index (χ1v) is 6.50. The van der Waals surface area contributed by atoms with Crippen LogP contribution in [0.15, 0.2) is 0 Å². The van der Waals surface area contributed by atoms with E-state index in [-0.39, 0.29) is 6.10 Å². The van der Waals surface area contributed by atoms with Crippen LogP contribution in [0.25, 0.3) is 0 Å². The molecular weight excluding hydrogens is 184 g/mol. The summed E-state index contributed by atoms with van der Waals surface area (Å²) >= 11 is 0. The number of aliphatic hydroxyl groups excluding tert-OH is 1. The Kier molecular flexibility index (Phi) is 4.22. The second kappa shape index (κ2) is 4.86. The molecule has 90 valence electrons. The molecule has 0 bridgehead atoms. The summed E-state index contributed by atoms with van der Waals surface area (Å²) in [6.07, 6.45) is 4.98. The molecule has 1 nitrogen and oxygen atoms in total. The van der Waals surface area contributed by atoms with Crippen LogP contribution in [0, 0.1) is 23.2 Å². The summed E-state index contributed by atoms with van der Waals surface area (Å²) in [5.74, 6) is 1.83. The molecule has 1 atom stereocenters. The van der Waals surface area contributed by atoms with E-state index in [1.165, 1.54) is 25.7 Å². The number of hydrogen-bond donors (Lipinski definition) is 1. The second-order valence-corrected chi connectivity index (χ2v) is 6.71. The Morgan fingerprint density at radius 1 is 1.00 bits per heavy atom. The highest BCUT2D eigenvalue weighted by Crippen LogP contribution is 2.41. The zero-order valence-corrected chi connectivity index (χ0v) is 11.1. The Hall–Kier alpha value is -0.0400. The molecule has 1 aliphatic rings. The van der Waals surface area contributed by atoms with E-state index in [0.717, 1.165) is 5.92 Å². The van der Waals surface area contributed by atoms with Crippen LogP contribution in [-0.4, -0.2) is 11.2 Å². The number of aliphatic hydroxyl groups is 1. The smallest absolute Gasteiger partial charge is 0.0591 e. The van der Waals surface area contributed by atoms with Crippen LogP contribution in [0.3, 0.4) is 0 Å². The maximum atomic E-state index is 10.0. The van der Waals surface area contributed by atoms with E-state index < -0.39 is 0 Å². The normalized spacial score (nSPS) is 30.6. The average Bonchev–Trinajstić information content (AvgIpc) is 2.15. The van der Waals surface area contributed by atoms with Crippen LogP contribution in [0.4, 0.5) is 0 Å². The summed E-state index contributed by atoms with van der Waals surface area (Å²) in [6, 6.07) is 0. The van der Waals surface area contributed by atoms with Gasteiger partial charge in [0.05, 0.1) is 6.10 Å². The van der Waals surface area contributed by atoms with Crippen LogP contribution in [0.5, 0.6) is 0 Å². The van der Waals surface area contributed by atoms with Crippen molar-refractivity contribution in [2.75, 3.05) is 0 Å². The van der Waals surface area contributed by atoms with E-state index >= 15 is 0 Å². The molecule has 1 fully saturated rings. The predicted molar refractivity (Wildman–Crippen MR) is 65.7 cm³/mol. The molecule has 0 heterocycles. The largest absolute Gasteiger partial charge is 0.393 e. The summed E-state index contributed by atoms with van der Waals surface area (Å²) in [4.78, 5) is 0. The molecule has 0 saturated heterocycles. The summed E-state index contributed by atoms with van der Waals surface area (Å²) in [7, 11) is 0. The van der Waals surface area contributed by atoms with Gasteiger partial charge >= 0.3 is 0 Å². The van der Waals surface area contributed by atoms with E-state index in [1.807, 2.05) is 0 Å². The molecule has 0 aliphatic heterocycles. The minimum Gasteiger partial charge on any atom is -0.393 e. The molecule has 15 heavy (non-hydrogen) atoms. The van der Waals surface area contributed by atoms with Crippen molar-refractivity contribution in [2.24, 2.45) is 23.2 Å². The Labute approximate surface area is 95.3 Å². The van der Waals surface area contributed by atoms with Gasteiger partial charge in [0.25, 0.3) is 0 Å². The zero-order valence-electron chi connectivity index (χ0n) is 11.1. The molecule has 0 radical (unpaired) electrons. The third kappa shape index (κ3) is 3.48. The molecule has 0 amide bonds. The lowest BCUT2D eigenvalue weighted by molar-refractivity contribution is 0.0246. The van der Waals surface area contributed by atoms with Crippen molar-refractivity contribution in [1.82, 2.24) is 0 Å². The molecule has 0 aromatic carbocycles. The van der Waals surface area contributed by atoms with Gasteiger partial charge in [-0.2, -0.15) is 0 Å². The van der Waals surface area contributed by atoms with Crippen LogP contribution in [0.1, 0.15) is 60.3 Å². The Morgan fingerprint density at radius 2 is 1.47 bits per heavy atom. The van der Waals surface area contributed by atoms with Crippen LogP contribution < -0.4 is 0 Å². The van der Waals surface area contributed by atoms with Crippen LogP contribution in [-0.2, 0) is 0 Å². The fraction of sp³-hybridized carbons (Fsp3) is 1.00. The minimum atomic E-state index is -0.0779. The first kappa shape index (κ1) is 13.0. The van der Waals surface area contributed by atoms with E-state index in [4.69, 9.17) is 0 Å². The van der Waals surface area contributed by atoms with Gasteiger partial charge in [0, 0.05) is 0 Å². The van der Waals surface area contributed by atoms with Gasteiger partial charge in [-0.05, 0) is 48.9 Å². The van der Waals surface area contributed by atoms with Gasteiger partial charge in [-0.3, -0.25) is 0 Å². The van der Waals surface area contributed by atoms with Crippen molar-refractivity contribution in [3.8, 4) is 0 Å². The third-order valence-electron chi connectivity index (χ3n) is 4.16. The summed E-state index contributed by atoms with van der Waals surface area (Å²) in [6.45, 7) is 11.3. The highest BCUT2D eigenvalue weighted by Gasteiger charge is 2.32. The quantitative estimate of drug-likeness (QED) is 0.737. The molecule has 0 aromatic rings. The minimum absolute atomic E-state index is 0.0779. The number of rotatable bonds is 2. The summed E-state index contributed by atoms with van der Waals surface area (Å²) in [5.41, 5.74) is 0.452. The highest BCUT2D eigenvalue weighted by molar-refractivity contribution is 4.83. The molecule has 0 aromatic heterocycles. The summed E-state index contributed by atoms with van der Waals surface area (Å²) in [5, 5.41) is 10.0. The van der Waals surface area contributed by atoms with E-state index in [2.05, 4.69) is 34.6 Å². The lowest BCUT2D eigenvalue weighted by atomic mass is 9.68. The van der Waals surface area contributed by atoms with Crippen LogP contribution >= 0.6 is 0 Å². The molecule has 1 N–H and O–H groups in total. The molecule has 0 spiro atoms. The maximum absolute atomic E-state index is 10.0. The maximum Gasteiger partial charge on any atom is 0.0591 e. The fourth-order valence-corrected chi connectivity index (χ4v) is 2.87. The monoisotopic (exact) mass is 212 g/mol. The molecular formula is C14H28O. The SMILES string of the molecule is CC(C)C(O)C1CCC(C(C)(C)C)CC1. The molecule has 1 aliphatic carbocycles. The number of hydrogen-bond acceptors (Lipinski definition) is 1. The average molecular weight is 212 g/mol. The van der Waals surface area contributed by atoms with Crippen molar-refractivity contribution < 1.29 is 5.11 Å². The van der Waals surface area contributed by atoms with Crippen LogP contribution in [0.2, 0.25) is 0 Å². The fourth-order valence-electron chi connectivity index (χ4n) is 2.87. The third-order valence-corrected chi connectivity index (χ3v) is 4.16. The van der Waals surface area contributed by atoms with Crippen molar-refractivity contribution >= 4 is 0 Å². The Bertz CT molecular complexity index is 182. The van der Waals surface area contributed by atoms with Gasteiger partial charge in [-0.25, -0.2) is 0 Å². The Morgan fingerprint density at radius 3 is 1.80 bits per heavy atom. The molecule has 1 unspecified atom stereocenters. The topological polar surface area (TPSA) is 20.2 Å². The van der Waals surface area contributed by atoms with Gasteiger partial charge in [-0.15, -0.1) is 0 Å². The van der Waals surface area contributed by atoms with Gasteiger partial charge < -0.3 is 5.11 Å². The Balaban J connectivity index is 2.42. The first-order valence-electron chi connectivity index (χ1n) is 6.50. The standard InChI is InChI=1S/C14H28O/c1-10(2)13(15)11-6-8-12(9-7-11)14(3,4)5/h10-13,15H,6-9H2,1-5H3. The summed E-state index contributed by atoms with van der Waals surface area (Å²) < 4.78 is 0. The first-order chi connectivity index (χ1) is 6.82. The lowest BCUT2D eigenvalue weighted by Gasteiger charge is -2.39. The van der Waals surface area contributed by atoms with Crippen molar-refractivity contribution in [3.05, 3.63) is 0 Å². The van der Waals surface area contributed by atoms with E-state index in [0.29, 0.717) is 17.3 Å². The van der Waals surface area contributed by atoms with Crippen molar-refractivity contribution in [1.29, 1.82) is 0 Å². The van der Waals surface area contributed by atoms with Gasteiger partial charge in [0.15, 0.2) is 0 Å². The molecule has 1 heteroatoms. The molecule has 1 saturated carbocycles. The lowest BCUT2D eigenvalue weighted by Crippen LogP contribution is -2.33. The highest BCUT2D eigenvalue weighted by atomic mass is 16.3. The van der Waals surface area contributed by atoms with Gasteiger partial charge in [-0.1, -0.05) is 34.6 Å². The predicted octanol–water partition coefficient (Wildman–Crippen LogP) is 3.86. The van der Waals surface area contributed by atoms with Crippen molar-refractivity contribution in [2.45, 2.75) is 66.4 Å². The van der Waals surface area contributed by atoms with Gasteiger partial charge in [0.2, 0.25) is 0 Å². The van der Waals surface area contributed by atoms with E-state index in [9.17, 15) is 5.11 Å². The van der Waals surface area contributed by atoms with Gasteiger partial charge in [0.1, 0.15) is 0 Å². The van der Waals surface area contributed by atoms with E-state index in [1.54, 1.807) is 0 Å². The second-order valence-electron chi connectivity index (χ2n) is 6.71. The molecule has 1 rings (SSSR count). The van der Waals surface area contributed by atoms with Crippen molar-refractivity contribution in [3.63, 3.8) is 0 Å².